The topological polar surface area (TPSA) is 231 Å². The maximum absolute atomic E-state index is 13.0. The van der Waals surface area contributed by atoms with Crippen molar-refractivity contribution >= 4 is 35.6 Å². The minimum absolute atomic E-state index is 0.0573. The van der Waals surface area contributed by atoms with Crippen LogP contribution in [0, 0.1) is 0 Å². The lowest BCUT2D eigenvalue weighted by molar-refractivity contribution is -0.144. The van der Waals surface area contributed by atoms with Gasteiger partial charge in [-0.25, -0.2) is 4.79 Å². The molecule has 1 saturated heterocycles. The lowest BCUT2D eigenvalue weighted by Gasteiger charge is -2.25. The number of phenols is 1. The van der Waals surface area contributed by atoms with Gasteiger partial charge in [0, 0.05) is 12.8 Å². The second kappa shape index (κ2) is 13.8. The van der Waals surface area contributed by atoms with E-state index in [1.54, 1.807) is 0 Å². The first kappa shape index (κ1) is 29.0. The fourth-order valence-electron chi connectivity index (χ4n) is 3.71. The second-order valence-electron chi connectivity index (χ2n) is 8.57. The highest BCUT2D eigenvalue weighted by Gasteiger charge is 2.32. The van der Waals surface area contributed by atoms with Gasteiger partial charge in [0.1, 0.15) is 23.9 Å². The van der Waals surface area contributed by atoms with Gasteiger partial charge in [-0.2, -0.15) is 0 Å². The lowest BCUT2D eigenvalue weighted by atomic mass is 10.0. The molecule has 8 N–H and O–H groups in total. The van der Waals surface area contributed by atoms with E-state index in [0.29, 0.717) is 18.5 Å². The minimum atomic E-state index is -1.56. The molecule has 1 aromatic rings. The quantitative estimate of drug-likeness (QED) is 0.141. The van der Waals surface area contributed by atoms with Crippen LogP contribution < -0.4 is 21.3 Å². The summed E-state index contributed by atoms with van der Waals surface area (Å²) in [5.41, 5.74) is 0.463. The van der Waals surface area contributed by atoms with Gasteiger partial charge in [0.05, 0.1) is 12.5 Å². The number of rotatable bonds is 14. The Morgan fingerprint density at radius 1 is 0.865 bits per heavy atom. The smallest absolute Gasteiger partial charge is 0.326 e. The van der Waals surface area contributed by atoms with Crippen LogP contribution in [-0.2, 0) is 35.2 Å². The number of hydrogen-bond donors (Lipinski definition) is 8. The Morgan fingerprint density at radius 2 is 1.49 bits per heavy atom. The van der Waals surface area contributed by atoms with Crippen LogP contribution in [0.1, 0.15) is 37.7 Å². The SMILES string of the molecule is O=C(O)CCC(NC(=O)C(Cc1ccc(O)cc1)NC(=O)C(CC(=O)O)NC(=O)C1CCCN1)C(=O)O. The number of phenolic OH excluding ortho intramolecular Hbond substituents is 1. The van der Waals surface area contributed by atoms with Crippen molar-refractivity contribution in [3.8, 4) is 5.75 Å². The summed E-state index contributed by atoms with van der Waals surface area (Å²) in [5.74, 6) is -6.69. The highest BCUT2D eigenvalue weighted by atomic mass is 16.4. The molecule has 2 rings (SSSR count). The number of carbonyl (C=O) groups excluding carboxylic acids is 3. The number of nitrogens with one attached hydrogen (secondary N) is 4. The van der Waals surface area contributed by atoms with Gasteiger partial charge < -0.3 is 41.7 Å². The van der Waals surface area contributed by atoms with E-state index in [0.717, 1.165) is 6.42 Å². The molecular formula is C23H30N4O10. The van der Waals surface area contributed by atoms with E-state index in [9.17, 15) is 44.1 Å². The Balaban J connectivity index is 2.22. The predicted octanol–water partition coefficient (Wildman–Crippen LogP) is -1.43. The molecule has 202 valence electrons. The standard InChI is InChI=1S/C23H30N4O10/c28-13-5-3-12(4-6-13)10-16(21(34)25-15(23(36)37)7-8-18(29)30)26-22(35)17(11-19(31)32)27-20(33)14-2-1-9-24-14/h3-6,14-17,24,28H,1-2,7-11H2,(H,25,34)(H,26,35)(H,27,33)(H,29,30)(H,31,32)(H,36,37). The fraction of sp³-hybridized carbons (Fsp3) is 0.478. The number of aromatic hydroxyl groups is 1. The molecule has 1 fully saturated rings. The molecule has 0 aromatic heterocycles. The highest BCUT2D eigenvalue weighted by Crippen LogP contribution is 2.13. The first-order valence-electron chi connectivity index (χ1n) is 11.5. The molecule has 1 aromatic carbocycles. The van der Waals surface area contributed by atoms with E-state index < -0.39 is 79.1 Å². The first-order valence-corrected chi connectivity index (χ1v) is 11.5. The van der Waals surface area contributed by atoms with Gasteiger partial charge in [0.15, 0.2) is 0 Å². The van der Waals surface area contributed by atoms with Crippen molar-refractivity contribution in [2.75, 3.05) is 6.54 Å². The molecule has 0 saturated carbocycles. The maximum Gasteiger partial charge on any atom is 0.326 e. The Bertz CT molecular complexity index is 1010. The van der Waals surface area contributed by atoms with E-state index in [-0.39, 0.29) is 12.2 Å². The van der Waals surface area contributed by atoms with Crippen LogP contribution in [0.4, 0.5) is 0 Å². The van der Waals surface area contributed by atoms with E-state index >= 15 is 0 Å². The Hall–Kier alpha value is -4.20. The van der Waals surface area contributed by atoms with Gasteiger partial charge in [-0.15, -0.1) is 0 Å². The average Bonchev–Trinajstić information content (AvgIpc) is 3.36. The monoisotopic (exact) mass is 522 g/mol. The molecule has 14 nitrogen and oxygen atoms in total. The molecule has 1 aliphatic rings. The first-order chi connectivity index (χ1) is 17.5. The van der Waals surface area contributed by atoms with Crippen LogP contribution in [0.25, 0.3) is 0 Å². The number of carbonyl (C=O) groups is 6. The molecule has 3 amide bonds. The van der Waals surface area contributed by atoms with Gasteiger partial charge in [-0.1, -0.05) is 12.1 Å². The number of carboxylic acid groups (broad SMARTS) is 3. The van der Waals surface area contributed by atoms with Crippen LogP contribution in [0.3, 0.4) is 0 Å². The lowest BCUT2D eigenvalue weighted by Crippen LogP contribution is -2.58. The van der Waals surface area contributed by atoms with Crippen molar-refractivity contribution in [1.29, 1.82) is 0 Å². The summed E-state index contributed by atoms with van der Waals surface area (Å²) in [5, 5.41) is 46.8. The highest BCUT2D eigenvalue weighted by molar-refractivity contribution is 5.95. The summed E-state index contributed by atoms with van der Waals surface area (Å²) < 4.78 is 0. The third-order valence-corrected chi connectivity index (χ3v) is 5.66. The Morgan fingerprint density at radius 3 is 2.03 bits per heavy atom. The van der Waals surface area contributed by atoms with Crippen molar-refractivity contribution in [1.82, 2.24) is 21.3 Å². The summed E-state index contributed by atoms with van der Waals surface area (Å²) in [7, 11) is 0. The summed E-state index contributed by atoms with van der Waals surface area (Å²) in [6, 6.07) is 0.497. The van der Waals surface area contributed by atoms with Crippen LogP contribution in [0.15, 0.2) is 24.3 Å². The van der Waals surface area contributed by atoms with Gasteiger partial charge in [0.25, 0.3) is 0 Å². The largest absolute Gasteiger partial charge is 0.508 e. The van der Waals surface area contributed by atoms with Crippen molar-refractivity contribution in [3.63, 3.8) is 0 Å². The molecule has 14 heteroatoms. The fourth-order valence-corrected chi connectivity index (χ4v) is 3.71. The van der Waals surface area contributed by atoms with Crippen molar-refractivity contribution < 1.29 is 49.2 Å². The molecule has 1 aliphatic heterocycles. The zero-order valence-electron chi connectivity index (χ0n) is 19.8. The zero-order chi connectivity index (χ0) is 27.5. The van der Waals surface area contributed by atoms with Crippen LogP contribution in [0.5, 0.6) is 5.75 Å². The van der Waals surface area contributed by atoms with E-state index in [1.165, 1.54) is 24.3 Å². The summed E-state index contributed by atoms with van der Waals surface area (Å²) in [6.07, 6.45) is -0.660. The Kier molecular flexibility index (Phi) is 10.8. The maximum atomic E-state index is 13.0. The van der Waals surface area contributed by atoms with Crippen LogP contribution in [-0.4, -0.2) is 86.8 Å². The van der Waals surface area contributed by atoms with E-state index in [4.69, 9.17) is 5.11 Å². The summed E-state index contributed by atoms with van der Waals surface area (Å²) >= 11 is 0. The number of carboxylic acids is 3. The number of hydrogen-bond acceptors (Lipinski definition) is 8. The molecule has 0 aliphatic carbocycles. The number of aliphatic carboxylic acids is 3. The predicted molar refractivity (Wildman–Crippen MR) is 125 cm³/mol. The average molecular weight is 523 g/mol. The third kappa shape index (κ3) is 9.76. The van der Waals surface area contributed by atoms with Crippen molar-refractivity contribution in [3.05, 3.63) is 29.8 Å². The van der Waals surface area contributed by atoms with Gasteiger partial charge in [-0.3, -0.25) is 24.0 Å². The number of amides is 3. The normalized spacial score (nSPS) is 17.1. The van der Waals surface area contributed by atoms with Gasteiger partial charge in [0.2, 0.25) is 17.7 Å². The Labute approximate surface area is 211 Å². The van der Waals surface area contributed by atoms with Crippen molar-refractivity contribution in [2.45, 2.75) is 62.7 Å². The zero-order valence-corrected chi connectivity index (χ0v) is 19.8. The van der Waals surface area contributed by atoms with Crippen molar-refractivity contribution in [2.24, 2.45) is 0 Å². The summed E-state index contributed by atoms with van der Waals surface area (Å²) in [4.78, 5) is 72.2. The third-order valence-electron chi connectivity index (χ3n) is 5.66. The molecule has 0 bridgehead atoms. The molecule has 0 spiro atoms. The minimum Gasteiger partial charge on any atom is -0.508 e. The molecular weight excluding hydrogens is 492 g/mol. The molecule has 0 radical (unpaired) electrons. The molecule has 37 heavy (non-hydrogen) atoms. The second-order valence-corrected chi connectivity index (χ2v) is 8.57. The van der Waals surface area contributed by atoms with Gasteiger partial charge >= 0.3 is 17.9 Å². The van der Waals surface area contributed by atoms with Gasteiger partial charge in [-0.05, 0) is 43.5 Å². The molecule has 4 unspecified atom stereocenters. The van der Waals surface area contributed by atoms with E-state index in [1.807, 2.05) is 0 Å². The summed E-state index contributed by atoms with van der Waals surface area (Å²) in [6.45, 7) is 0.593. The van der Waals surface area contributed by atoms with Crippen LogP contribution >= 0.6 is 0 Å². The van der Waals surface area contributed by atoms with Crippen LogP contribution in [0.2, 0.25) is 0 Å². The van der Waals surface area contributed by atoms with E-state index in [2.05, 4.69) is 21.3 Å². The number of benzene rings is 1. The molecule has 1 heterocycles. The molecule has 4 atom stereocenters.